The van der Waals surface area contributed by atoms with Gasteiger partial charge in [-0.2, -0.15) is 5.10 Å². The van der Waals surface area contributed by atoms with Crippen molar-refractivity contribution in [3.63, 3.8) is 0 Å². The summed E-state index contributed by atoms with van der Waals surface area (Å²) in [6.07, 6.45) is 3.17. The van der Waals surface area contributed by atoms with E-state index in [2.05, 4.69) is 10.4 Å². The summed E-state index contributed by atoms with van der Waals surface area (Å²) in [5.41, 5.74) is 0.393. The van der Waals surface area contributed by atoms with Crippen LogP contribution in [0.1, 0.15) is 44.0 Å². The second-order valence-corrected chi connectivity index (χ2v) is 6.06. The summed E-state index contributed by atoms with van der Waals surface area (Å²) in [5.74, 6) is -0.987. The Bertz CT molecular complexity index is 649. The molecule has 0 radical (unpaired) electrons. The third kappa shape index (κ3) is 4.09. The van der Waals surface area contributed by atoms with E-state index in [-0.39, 0.29) is 35.6 Å². The van der Waals surface area contributed by atoms with Crippen LogP contribution in [0.15, 0.2) is 0 Å². The van der Waals surface area contributed by atoms with Crippen LogP contribution in [-0.4, -0.2) is 38.7 Å². The Hall–Kier alpha value is -2.45. The molecule has 0 saturated heterocycles. The van der Waals surface area contributed by atoms with Crippen LogP contribution in [0.3, 0.4) is 0 Å². The maximum atomic E-state index is 12.0. The van der Waals surface area contributed by atoms with Crippen molar-refractivity contribution in [2.24, 2.45) is 0 Å². The van der Waals surface area contributed by atoms with E-state index >= 15 is 0 Å². The van der Waals surface area contributed by atoms with Crippen LogP contribution in [0.5, 0.6) is 0 Å². The number of hydrogen-bond acceptors (Lipinski definition) is 6. The number of carbonyl (C=O) groups is 2. The zero-order valence-corrected chi connectivity index (χ0v) is 14.1. The van der Waals surface area contributed by atoms with Crippen LogP contribution < -0.4 is 5.32 Å². The van der Waals surface area contributed by atoms with Crippen molar-refractivity contribution >= 4 is 17.6 Å². The summed E-state index contributed by atoms with van der Waals surface area (Å²) < 4.78 is 6.33. The first-order valence-electron chi connectivity index (χ1n) is 7.98. The van der Waals surface area contributed by atoms with E-state index < -0.39 is 17.0 Å². The molecule has 2 rings (SSSR count). The highest BCUT2D eigenvalue weighted by atomic mass is 16.6. The molecular formula is C15H22N4O5. The summed E-state index contributed by atoms with van der Waals surface area (Å²) >= 11 is 0. The van der Waals surface area contributed by atoms with Gasteiger partial charge in [0.05, 0.1) is 4.92 Å². The minimum absolute atomic E-state index is 0.116. The molecule has 0 aromatic carbocycles. The minimum atomic E-state index is -0.912. The quantitative estimate of drug-likeness (QED) is 0.476. The average Bonchev–Trinajstić information content (AvgIpc) is 3.07. The van der Waals surface area contributed by atoms with Crippen LogP contribution >= 0.6 is 0 Å². The predicted molar refractivity (Wildman–Crippen MR) is 84.3 cm³/mol. The standard InChI is InChI=1S/C15H22N4O5/c1-9-14(19(22)23)10(2)18(17-9)8-13(20)24-11(3)15(21)16-12-6-4-5-7-12/h11-12H,4-8H2,1-3H3,(H,16,21)/t11-/m1/s1. The maximum Gasteiger partial charge on any atom is 0.328 e. The summed E-state index contributed by atoms with van der Waals surface area (Å²) in [6, 6.07) is 0.150. The lowest BCUT2D eigenvalue weighted by molar-refractivity contribution is -0.386. The fraction of sp³-hybridized carbons (Fsp3) is 0.667. The fourth-order valence-electron chi connectivity index (χ4n) is 2.90. The molecule has 1 N–H and O–H groups in total. The van der Waals surface area contributed by atoms with Crippen molar-refractivity contribution in [2.75, 3.05) is 0 Å². The molecule has 1 heterocycles. The maximum absolute atomic E-state index is 12.0. The summed E-state index contributed by atoms with van der Waals surface area (Å²) in [5, 5.41) is 17.8. The molecule has 1 aliphatic rings. The molecule has 9 nitrogen and oxygen atoms in total. The highest BCUT2D eigenvalue weighted by molar-refractivity contribution is 5.83. The van der Waals surface area contributed by atoms with Gasteiger partial charge in [0.25, 0.3) is 5.91 Å². The molecule has 1 amide bonds. The first kappa shape index (κ1) is 17.9. The number of aryl methyl sites for hydroxylation is 1. The van der Waals surface area contributed by atoms with Gasteiger partial charge in [0.15, 0.2) is 6.10 Å². The van der Waals surface area contributed by atoms with Crippen LogP contribution in [0.4, 0.5) is 5.69 Å². The van der Waals surface area contributed by atoms with Crippen molar-refractivity contribution in [1.29, 1.82) is 0 Å². The van der Waals surface area contributed by atoms with Gasteiger partial charge in [-0.05, 0) is 33.6 Å². The van der Waals surface area contributed by atoms with Gasteiger partial charge in [-0.15, -0.1) is 0 Å². The molecule has 132 valence electrons. The van der Waals surface area contributed by atoms with Crippen LogP contribution in [0, 0.1) is 24.0 Å². The van der Waals surface area contributed by atoms with Crippen LogP contribution in [-0.2, 0) is 20.9 Å². The summed E-state index contributed by atoms with van der Waals surface area (Å²) in [4.78, 5) is 34.4. The van der Waals surface area contributed by atoms with E-state index in [4.69, 9.17) is 4.74 Å². The molecule has 1 aromatic rings. The van der Waals surface area contributed by atoms with Gasteiger partial charge in [-0.3, -0.25) is 24.4 Å². The van der Waals surface area contributed by atoms with Crippen molar-refractivity contribution in [1.82, 2.24) is 15.1 Å². The minimum Gasteiger partial charge on any atom is -0.451 e. The zero-order valence-electron chi connectivity index (χ0n) is 14.1. The third-order valence-electron chi connectivity index (χ3n) is 4.18. The van der Waals surface area contributed by atoms with Gasteiger partial charge in [-0.25, -0.2) is 0 Å². The monoisotopic (exact) mass is 338 g/mol. The first-order chi connectivity index (χ1) is 11.3. The number of rotatable bonds is 6. The smallest absolute Gasteiger partial charge is 0.328 e. The van der Waals surface area contributed by atoms with Crippen molar-refractivity contribution in [3.05, 3.63) is 21.5 Å². The van der Waals surface area contributed by atoms with E-state index in [9.17, 15) is 19.7 Å². The van der Waals surface area contributed by atoms with Crippen molar-refractivity contribution in [3.8, 4) is 0 Å². The number of nitro groups is 1. The second-order valence-electron chi connectivity index (χ2n) is 6.06. The Morgan fingerprint density at radius 2 is 2.04 bits per heavy atom. The molecule has 9 heteroatoms. The Labute approximate surface area is 139 Å². The number of ether oxygens (including phenoxy) is 1. The molecule has 1 atom stereocenters. The van der Waals surface area contributed by atoms with E-state index in [0.29, 0.717) is 0 Å². The normalized spacial score (nSPS) is 16.0. The Morgan fingerprint density at radius 3 is 2.58 bits per heavy atom. The molecule has 1 aliphatic carbocycles. The Balaban J connectivity index is 1.91. The lowest BCUT2D eigenvalue weighted by Gasteiger charge is -2.17. The number of aromatic nitrogens is 2. The molecule has 1 fully saturated rings. The number of hydrogen-bond donors (Lipinski definition) is 1. The molecule has 0 spiro atoms. The van der Waals surface area contributed by atoms with E-state index in [1.54, 1.807) is 0 Å². The lowest BCUT2D eigenvalue weighted by atomic mass is 10.2. The zero-order chi connectivity index (χ0) is 17.9. The molecule has 0 unspecified atom stereocenters. The number of carbonyl (C=O) groups excluding carboxylic acids is 2. The highest BCUT2D eigenvalue weighted by Gasteiger charge is 2.26. The van der Waals surface area contributed by atoms with E-state index in [0.717, 1.165) is 25.7 Å². The SMILES string of the molecule is Cc1nn(CC(=O)O[C@H](C)C(=O)NC2CCCC2)c(C)c1[N+](=O)[O-]. The topological polar surface area (TPSA) is 116 Å². The van der Waals surface area contributed by atoms with Gasteiger partial charge in [0.1, 0.15) is 17.9 Å². The van der Waals surface area contributed by atoms with Gasteiger partial charge >= 0.3 is 11.7 Å². The van der Waals surface area contributed by atoms with Gasteiger partial charge < -0.3 is 10.1 Å². The fourth-order valence-corrected chi connectivity index (χ4v) is 2.90. The average molecular weight is 338 g/mol. The molecule has 24 heavy (non-hydrogen) atoms. The van der Waals surface area contributed by atoms with Gasteiger partial charge in [0, 0.05) is 6.04 Å². The lowest BCUT2D eigenvalue weighted by Crippen LogP contribution is -2.41. The second kappa shape index (κ2) is 7.41. The van der Waals surface area contributed by atoms with E-state index in [1.807, 2.05) is 0 Å². The van der Waals surface area contributed by atoms with Gasteiger partial charge in [-0.1, -0.05) is 12.8 Å². The number of nitrogens with one attached hydrogen (secondary N) is 1. The molecule has 0 bridgehead atoms. The summed E-state index contributed by atoms with van der Waals surface area (Å²) in [6.45, 7) is 4.25. The molecule has 1 saturated carbocycles. The third-order valence-corrected chi connectivity index (χ3v) is 4.18. The van der Waals surface area contributed by atoms with E-state index in [1.165, 1.54) is 25.5 Å². The first-order valence-corrected chi connectivity index (χ1v) is 7.98. The molecule has 1 aromatic heterocycles. The Kier molecular flexibility index (Phi) is 5.53. The van der Waals surface area contributed by atoms with Gasteiger partial charge in [0.2, 0.25) is 0 Å². The highest BCUT2D eigenvalue weighted by Crippen LogP contribution is 2.21. The molecular weight excluding hydrogens is 316 g/mol. The summed E-state index contributed by atoms with van der Waals surface area (Å²) in [7, 11) is 0. The van der Waals surface area contributed by atoms with Crippen molar-refractivity contribution in [2.45, 2.75) is 65.1 Å². The largest absolute Gasteiger partial charge is 0.451 e. The number of amides is 1. The number of nitrogens with zero attached hydrogens (tertiary/aromatic N) is 3. The van der Waals surface area contributed by atoms with Crippen molar-refractivity contribution < 1.29 is 19.2 Å². The predicted octanol–water partition coefficient (Wildman–Crippen LogP) is 1.40. The number of esters is 1. The van der Waals surface area contributed by atoms with Crippen LogP contribution in [0.2, 0.25) is 0 Å². The van der Waals surface area contributed by atoms with Crippen LogP contribution in [0.25, 0.3) is 0 Å². The Morgan fingerprint density at radius 1 is 1.42 bits per heavy atom. The molecule has 0 aliphatic heterocycles.